The van der Waals surface area contributed by atoms with Gasteiger partial charge in [0, 0.05) is 40.4 Å². The zero-order valence-electron chi connectivity index (χ0n) is 13.4. The maximum atomic E-state index is 9.84. The van der Waals surface area contributed by atoms with E-state index >= 15 is 0 Å². The van der Waals surface area contributed by atoms with E-state index in [1.807, 2.05) is 43.5 Å². The highest BCUT2D eigenvalue weighted by Gasteiger charge is 2.04. The molecule has 0 aliphatic carbocycles. The molecule has 4 nitrogen and oxygen atoms in total. The molecule has 3 aromatic rings. The van der Waals surface area contributed by atoms with Gasteiger partial charge in [-0.05, 0) is 49.4 Å². The minimum Gasteiger partial charge on any atom is -0.506 e. The molecule has 1 aromatic heterocycles. The molecule has 0 radical (unpaired) electrons. The van der Waals surface area contributed by atoms with Crippen LogP contribution in [0.5, 0.6) is 11.5 Å². The second-order valence-corrected chi connectivity index (χ2v) is 5.81. The molecule has 0 bridgehead atoms. The average Bonchev–Trinajstić information content (AvgIpc) is 2.95. The van der Waals surface area contributed by atoms with Crippen LogP contribution in [0.4, 0.5) is 5.69 Å². The lowest BCUT2D eigenvalue weighted by molar-refractivity contribution is 0.414. The Labute approximate surface area is 145 Å². The van der Waals surface area contributed by atoms with Gasteiger partial charge in [-0.2, -0.15) is 0 Å². The molecule has 1 N–H and O–H groups in total. The van der Waals surface area contributed by atoms with E-state index in [1.165, 1.54) is 6.07 Å². The summed E-state index contributed by atoms with van der Waals surface area (Å²) in [6.45, 7) is 2.03. The van der Waals surface area contributed by atoms with E-state index in [1.54, 1.807) is 25.5 Å². The van der Waals surface area contributed by atoms with Gasteiger partial charge >= 0.3 is 0 Å². The topological polar surface area (TPSA) is 46.8 Å². The molecule has 2 aromatic carbocycles. The predicted molar refractivity (Wildman–Crippen MR) is 97.4 cm³/mol. The molecular weight excluding hydrogens is 324 g/mol. The Hall–Kier alpha value is -2.72. The van der Waals surface area contributed by atoms with E-state index in [9.17, 15) is 5.11 Å². The summed E-state index contributed by atoms with van der Waals surface area (Å²) in [7, 11) is 1.65. The fourth-order valence-corrected chi connectivity index (χ4v) is 2.61. The van der Waals surface area contributed by atoms with E-state index in [0.717, 1.165) is 22.7 Å². The third-order valence-corrected chi connectivity index (χ3v) is 3.91. The molecule has 0 aliphatic rings. The van der Waals surface area contributed by atoms with Gasteiger partial charge in [0.05, 0.1) is 7.11 Å². The molecule has 0 saturated heterocycles. The van der Waals surface area contributed by atoms with Gasteiger partial charge in [-0.15, -0.1) is 0 Å². The highest BCUT2D eigenvalue weighted by atomic mass is 35.5. The maximum absolute atomic E-state index is 9.84. The number of phenols is 1. The van der Waals surface area contributed by atoms with Gasteiger partial charge in [0.15, 0.2) is 0 Å². The first kappa shape index (κ1) is 16.1. The van der Waals surface area contributed by atoms with E-state index in [-0.39, 0.29) is 5.75 Å². The first-order chi connectivity index (χ1) is 11.6. The average molecular weight is 341 g/mol. The highest BCUT2D eigenvalue weighted by Crippen LogP contribution is 2.29. The second kappa shape index (κ2) is 6.81. The monoisotopic (exact) mass is 340 g/mol. The molecule has 0 fully saturated rings. The normalized spacial score (nSPS) is 11.1. The summed E-state index contributed by atoms with van der Waals surface area (Å²) in [5, 5.41) is 10.3. The molecule has 5 heteroatoms. The lowest BCUT2D eigenvalue weighted by Crippen LogP contribution is -1.94. The van der Waals surface area contributed by atoms with Crippen LogP contribution in [0, 0.1) is 6.92 Å². The first-order valence-corrected chi connectivity index (χ1v) is 7.80. The van der Waals surface area contributed by atoms with Gasteiger partial charge in [-0.3, -0.25) is 4.99 Å². The van der Waals surface area contributed by atoms with Gasteiger partial charge in [-0.1, -0.05) is 11.6 Å². The van der Waals surface area contributed by atoms with Crippen molar-refractivity contribution in [1.29, 1.82) is 0 Å². The van der Waals surface area contributed by atoms with Crippen LogP contribution in [-0.4, -0.2) is 23.0 Å². The summed E-state index contributed by atoms with van der Waals surface area (Å²) in [4.78, 5) is 4.33. The summed E-state index contributed by atoms with van der Waals surface area (Å²) in [6.07, 6.45) is 3.71. The van der Waals surface area contributed by atoms with Gasteiger partial charge in [-0.25, -0.2) is 0 Å². The van der Waals surface area contributed by atoms with Crippen LogP contribution in [0.25, 0.3) is 5.69 Å². The van der Waals surface area contributed by atoms with Crippen molar-refractivity contribution < 1.29 is 9.84 Å². The largest absolute Gasteiger partial charge is 0.506 e. The molecule has 0 aliphatic heterocycles. The second-order valence-electron chi connectivity index (χ2n) is 5.37. The molecule has 24 heavy (non-hydrogen) atoms. The number of nitrogens with zero attached hydrogens (tertiary/aromatic N) is 2. The fourth-order valence-electron chi connectivity index (χ4n) is 2.44. The molecule has 122 valence electrons. The van der Waals surface area contributed by atoms with Gasteiger partial charge in [0.1, 0.15) is 17.2 Å². The lowest BCUT2D eigenvalue weighted by atomic mass is 10.3. The number of ether oxygens (including phenoxy) is 1. The summed E-state index contributed by atoms with van der Waals surface area (Å²) < 4.78 is 7.26. The van der Waals surface area contributed by atoms with Crippen molar-refractivity contribution in [3.05, 3.63) is 71.0 Å². The van der Waals surface area contributed by atoms with E-state index in [2.05, 4.69) is 9.56 Å². The van der Waals surface area contributed by atoms with E-state index < -0.39 is 0 Å². The molecule has 0 amide bonds. The van der Waals surface area contributed by atoms with E-state index in [0.29, 0.717) is 10.7 Å². The van der Waals surface area contributed by atoms with Crippen LogP contribution in [0.15, 0.2) is 59.7 Å². The maximum Gasteiger partial charge on any atom is 0.142 e. The Morgan fingerprint density at radius 1 is 1.12 bits per heavy atom. The SMILES string of the molecule is COc1ccc(-n2cc(C=Nc3ccc(Cl)cc3O)cc2C)cc1. The zero-order valence-corrected chi connectivity index (χ0v) is 14.2. The predicted octanol–water partition coefficient (Wildman–Crippen LogP) is 4.90. The Bertz CT molecular complexity index is 883. The number of aromatic hydroxyl groups is 1. The van der Waals surface area contributed by atoms with Crippen molar-refractivity contribution in [3.8, 4) is 17.2 Å². The summed E-state index contributed by atoms with van der Waals surface area (Å²) >= 11 is 5.82. The first-order valence-electron chi connectivity index (χ1n) is 7.43. The van der Waals surface area contributed by atoms with Crippen molar-refractivity contribution in [2.75, 3.05) is 7.11 Å². The number of hydrogen-bond acceptors (Lipinski definition) is 3. The quantitative estimate of drug-likeness (QED) is 0.686. The van der Waals surface area contributed by atoms with Crippen molar-refractivity contribution in [2.24, 2.45) is 4.99 Å². The number of aliphatic imine (C=N–C) groups is 1. The number of aromatic nitrogens is 1. The Morgan fingerprint density at radius 2 is 1.88 bits per heavy atom. The molecule has 1 heterocycles. The van der Waals surface area contributed by atoms with Gasteiger partial charge in [0.25, 0.3) is 0 Å². The lowest BCUT2D eigenvalue weighted by Gasteiger charge is -2.06. The van der Waals surface area contributed by atoms with Gasteiger partial charge < -0.3 is 14.4 Å². The zero-order chi connectivity index (χ0) is 17.1. The van der Waals surface area contributed by atoms with Crippen LogP contribution in [0.2, 0.25) is 5.02 Å². The smallest absolute Gasteiger partial charge is 0.142 e. The molecule has 0 spiro atoms. The van der Waals surface area contributed by atoms with Crippen LogP contribution < -0.4 is 4.74 Å². The number of hydrogen-bond donors (Lipinski definition) is 1. The highest BCUT2D eigenvalue weighted by molar-refractivity contribution is 6.30. The number of methoxy groups -OCH3 is 1. The Morgan fingerprint density at radius 3 is 2.54 bits per heavy atom. The standard InChI is InChI=1S/C19H17ClN2O2/c1-13-9-14(11-21-18-8-3-15(20)10-19(18)23)12-22(13)16-4-6-17(24-2)7-5-16/h3-12,23H,1-2H3. The summed E-state index contributed by atoms with van der Waals surface area (Å²) in [6, 6.07) is 14.7. The minimum absolute atomic E-state index is 0.0602. The van der Waals surface area contributed by atoms with E-state index in [4.69, 9.17) is 16.3 Å². The Balaban J connectivity index is 1.86. The summed E-state index contributed by atoms with van der Waals surface area (Å²) in [5.74, 6) is 0.883. The van der Waals surface area contributed by atoms with Crippen LogP contribution >= 0.6 is 11.6 Å². The number of halogens is 1. The van der Waals surface area contributed by atoms with Crippen LogP contribution in [-0.2, 0) is 0 Å². The number of rotatable bonds is 4. The fraction of sp³-hybridized carbons (Fsp3) is 0.105. The molecular formula is C19H17ClN2O2. The Kier molecular flexibility index (Phi) is 4.58. The number of aryl methyl sites for hydroxylation is 1. The molecule has 0 unspecified atom stereocenters. The number of benzene rings is 2. The molecule has 0 atom stereocenters. The minimum atomic E-state index is 0.0602. The van der Waals surface area contributed by atoms with Crippen molar-refractivity contribution in [3.63, 3.8) is 0 Å². The third kappa shape index (κ3) is 3.44. The number of phenolic OH excluding ortho intramolecular Hbond substituents is 1. The van der Waals surface area contributed by atoms with Crippen LogP contribution in [0.1, 0.15) is 11.3 Å². The molecule has 3 rings (SSSR count). The van der Waals surface area contributed by atoms with Gasteiger partial charge in [0.2, 0.25) is 0 Å². The summed E-state index contributed by atoms with van der Waals surface area (Å²) in [5.41, 5.74) is 3.55. The molecule has 0 saturated carbocycles. The van der Waals surface area contributed by atoms with Crippen molar-refractivity contribution in [2.45, 2.75) is 6.92 Å². The van der Waals surface area contributed by atoms with Crippen molar-refractivity contribution >= 4 is 23.5 Å². The van der Waals surface area contributed by atoms with Crippen molar-refractivity contribution in [1.82, 2.24) is 4.57 Å². The third-order valence-electron chi connectivity index (χ3n) is 3.67. The van der Waals surface area contributed by atoms with Crippen LogP contribution in [0.3, 0.4) is 0 Å².